The molecule has 0 saturated carbocycles. The Morgan fingerprint density at radius 2 is 2.16 bits per heavy atom. The van der Waals surface area contributed by atoms with E-state index in [0.29, 0.717) is 16.8 Å². The molecule has 2 atom stereocenters. The van der Waals surface area contributed by atoms with Crippen LogP contribution in [0.4, 0.5) is 10.1 Å². The van der Waals surface area contributed by atoms with Gasteiger partial charge in [-0.25, -0.2) is 4.39 Å². The lowest BCUT2D eigenvalue weighted by atomic mass is 9.86. The van der Waals surface area contributed by atoms with E-state index in [9.17, 15) is 19.1 Å². The summed E-state index contributed by atoms with van der Waals surface area (Å²) in [6.45, 7) is 1.11. The topological polar surface area (TPSA) is 108 Å². The molecular weight excluding hydrogens is 427 g/mol. The number of carbonyl (C=O) groups is 2. The summed E-state index contributed by atoms with van der Waals surface area (Å²) in [5.74, 6) is -1.58. The van der Waals surface area contributed by atoms with Crippen LogP contribution in [0.2, 0.25) is 5.02 Å². The second kappa shape index (κ2) is 9.91. The predicted octanol–water partition coefficient (Wildman–Crippen LogP) is 2.65. The van der Waals surface area contributed by atoms with Gasteiger partial charge in [0.2, 0.25) is 5.91 Å². The number of nitrogens with one attached hydrogen (secondary N) is 2. The van der Waals surface area contributed by atoms with Gasteiger partial charge in [0.05, 0.1) is 11.6 Å². The first kappa shape index (κ1) is 22.7. The molecule has 1 aliphatic heterocycles. The van der Waals surface area contributed by atoms with E-state index in [4.69, 9.17) is 21.4 Å². The quantitative estimate of drug-likeness (QED) is 0.521. The lowest BCUT2D eigenvalue weighted by Crippen LogP contribution is -2.32. The molecule has 2 amide bonds. The van der Waals surface area contributed by atoms with E-state index < -0.39 is 30.4 Å². The highest BCUT2D eigenvalue weighted by Crippen LogP contribution is 2.34. The molecule has 0 aromatic heterocycles. The lowest BCUT2D eigenvalue weighted by Gasteiger charge is -2.24. The summed E-state index contributed by atoms with van der Waals surface area (Å²) in [6.07, 6.45) is 0.269. The molecule has 2 aromatic carbocycles. The van der Waals surface area contributed by atoms with Crippen LogP contribution < -0.4 is 15.4 Å². The van der Waals surface area contributed by atoms with Gasteiger partial charge in [0.1, 0.15) is 24.3 Å². The van der Waals surface area contributed by atoms with Gasteiger partial charge in [0.25, 0.3) is 5.91 Å². The van der Waals surface area contributed by atoms with Crippen LogP contribution in [-0.2, 0) is 9.59 Å². The number of anilines is 1. The molecule has 9 heteroatoms. The van der Waals surface area contributed by atoms with Crippen LogP contribution in [0.5, 0.6) is 5.75 Å². The van der Waals surface area contributed by atoms with Gasteiger partial charge in [-0.2, -0.15) is 0 Å². The summed E-state index contributed by atoms with van der Waals surface area (Å²) in [5, 5.41) is 24.0. The summed E-state index contributed by atoms with van der Waals surface area (Å²) >= 11 is 6.17. The zero-order valence-electron chi connectivity index (χ0n) is 16.7. The van der Waals surface area contributed by atoms with Gasteiger partial charge in [-0.15, -0.1) is 0 Å². The molecule has 0 radical (unpaired) electrons. The van der Waals surface area contributed by atoms with E-state index in [2.05, 4.69) is 10.6 Å². The first-order valence-corrected chi connectivity index (χ1v) is 9.94. The Bertz CT molecular complexity index is 1030. The normalized spacial score (nSPS) is 16.9. The number of aliphatic hydroxyl groups is 2. The number of hydrogen-bond donors (Lipinski definition) is 4. The molecular formula is C22H22ClFN2O5. The van der Waals surface area contributed by atoms with E-state index >= 15 is 0 Å². The largest absolute Gasteiger partial charge is 0.489 e. The number of carbonyl (C=O) groups excluding carboxylic acids is 2. The fourth-order valence-electron chi connectivity index (χ4n) is 3.19. The van der Waals surface area contributed by atoms with Crippen molar-refractivity contribution in [3.63, 3.8) is 0 Å². The zero-order valence-corrected chi connectivity index (χ0v) is 17.4. The van der Waals surface area contributed by atoms with Crippen LogP contribution in [0.1, 0.15) is 23.5 Å². The summed E-state index contributed by atoms with van der Waals surface area (Å²) in [7, 11) is 0. The Labute approximate surface area is 183 Å². The van der Waals surface area contributed by atoms with Crippen LogP contribution in [-0.4, -0.2) is 41.3 Å². The highest BCUT2D eigenvalue weighted by atomic mass is 35.5. The molecule has 0 saturated heterocycles. The molecule has 3 rings (SSSR count). The lowest BCUT2D eigenvalue weighted by molar-refractivity contribution is -0.121. The van der Waals surface area contributed by atoms with Gasteiger partial charge in [-0.05, 0) is 36.2 Å². The molecule has 7 nitrogen and oxygen atoms in total. The average Bonchev–Trinajstić information content (AvgIpc) is 2.74. The molecule has 0 fully saturated rings. The maximum absolute atomic E-state index is 13.7. The standard InChI is InChI=1S/C22H22ClFN2O5/c1-12-5-18(23)20(31-11-15(28)10-27)8-19(12)26-22(30)17-9-25-21(29)7-16(17)13-3-2-4-14(24)6-13/h2-6,8-9,15-16,27-28H,7,10-11H2,1H3,(H,25,29)(H,26,30)/t15-,16?/m0/s1. The summed E-state index contributed by atoms with van der Waals surface area (Å²) < 4.78 is 19.1. The number of halogens is 2. The minimum Gasteiger partial charge on any atom is -0.489 e. The number of amides is 2. The highest BCUT2D eigenvalue weighted by molar-refractivity contribution is 6.32. The molecule has 0 spiro atoms. The van der Waals surface area contributed by atoms with Crippen molar-refractivity contribution in [3.05, 3.63) is 70.1 Å². The minimum atomic E-state index is -1.07. The Morgan fingerprint density at radius 3 is 2.87 bits per heavy atom. The molecule has 1 aliphatic rings. The van der Waals surface area contributed by atoms with Gasteiger partial charge in [0, 0.05) is 35.9 Å². The fraction of sp³-hybridized carbons (Fsp3) is 0.273. The first-order valence-electron chi connectivity index (χ1n) is 9.56. The molecule has 31 heavy (non-hydrogen) atoms. The second-order valence-corrected chi connectivity index (χ2v) is 7.59. The molecule has 1 unspecified atom stereocenters. The van der Waals surface area contributed by atoms with Crippen molar-refractivity contribution in [2.45, 2.75) is 25.4 Å². The number of rotatable bonds is 7. The average molecular weight is 449 g/mol. The van der Waals surface area contributed by atoms with Gasteiger partial charge in [0.15, 0.2) is 0 Å². The van der Waals surface area contributed by atoms with Gasteiger partial charge >= 0.3 is 0 Å². The van der Waals surface area contributed by atoms with Crippen LogP contribution in [0, 0.1) is 12.7 Å². The Balaban J connectivity index is 1.84. The Kier molecular flexibility index (Phi) is 7.27. The molecule has 2 aromatic rings. The van der Waals surface area contributed by atoms with E-state index in [0.717, 1.165) is 0 Å². The van der Waals surface area contributed by atoms with E-state index in [1.807, 2.05) is 0 Å². The molecule has 164 valence electrons. The van der Waals surface area contributed by atoms with Crippen molar-refractivity contribution in [3.8, 4) is 5.75 Å². The van der Waals surface area contributed by atoms with Crippen molar-refractivity contribution in [1.82, 2.24) is 5.32 Å². The van der Waals surface area contributed by atoms with Crippen molar-refractivity contribution < 1.29 is 28.9 Å². The van der Waals surface area contributed by atoms with Crippen LogP contribution in [0.25, 0.3) is 0 Å². The smallest absolute Gasteiger partial charge is 0.253 e. The van der Waals surface area contributed by atoms with Crippen LogP contribution in [0.3, 0.4) is 0 Å². The number of aliphatic hydroxyl groups excluding tert-OH is 2. The minimum absolute atomic E-state index is 0.00964. The fourth-order valence-corrected chi connectivity index (χ4v) is 3.46. The zero-order chi connectivity index (χ0) is 22.5. The number of benzene rings is 2. The Hall–Kier alpha value is -2.94. The van der Waals surface area contributed by atoms with Crippen molar-refractivity contribution >= 4 is 29.1 Å². The third kappa shape index (κ3) is 5.61. The number of ether oxygens (including phenoxy) is 1. The van der Waals surface area contributed by atoms with Crippen LogP contribution >= 0.6 is 11.6 Å². The molecule has 4 N–H and O–H groups in total. The van der Waals surface area contributed by atoms with Crippen molar-refractivity contribution in [1.29, 1.82) is 0 Å². The van der Waals surface area contributed by atoms with E-state index in [1.54, 1.807) is 19.1 Å². The number of hydrogen-bond acceptors (Lipinski definition) is 5. The van der Waals surface area contributed by atoms with Crippen LogP contribution in [0.15, 0.2) is 48.2 Å². The molecule has 0 bridgehead atoms. The van der Waals surface area contributed by atoms with Gasteiger partial charge in [-0.1, -0.05) is 23.7 Å². The monoisotopic (exact) mass is 448 g/mol. The third-order valence-corrected chi connectivity index (χ3v) is 5.13. The summed E-state index contributed by atoms with van der Waals surface area (Å²) in [4.78, 5) is 24.9. The third-order valence-electron chi connectivity index (χ3n) is 4.84. The van der Waals surface area contributed by atoms with Gasteiger partial charge < -0.3 is 25.6 Å². The Morgan fingerprint density at radius 1 is 1.39 bits per heavy atom. The first-order chi connectivity index (χ1) is 14.8. The number of aryl methyl sites for hydroxylation is 1. The summed E-state index contributed by atoms with van der Waals surface area (Å²) in [5.41, 5.74) is 1.87. The SMILES string of the molecule is Cc1cc(Cl)c(OC[C@@H](O)CO)cc1NC(=O)C1=CNC(=O)CC1c1cccc(F)c1. The van der Waals surface area contributed by atoms with Crippen molar-refractivity contribution in [2.24, 2.45) is 0 Å². The van der Waals surface area contributed by atoms with Crippen molar-refractivity contribution in [2.75, 3.05) is 18.5 Å². The second-order valence-electron chi connectivity index (χ2n) is 7.18. The maximum Gasteiger partial charge on any atom is 0.253 e. The predicted molar refractivity (Wildman–Crippen MR) is 113 cm³/mol. The van der Waals surface area contributed by atoms with E-state index in [-0.39, 0.29) is 35.3 Å². The highest BCUT2D eigenvalue weighted by Gasteiger charge is 2.29. The molecule has 1 heterocycles. The van der Waals surface area contributed by atoms with E-state index in [1.165, 1.54) is 30.5 Å². The maximum atomic E-state index is 13.7. The van der Waals surface area contributed by atoms with Gasteiger partial charge in [-0.3, -0.25) is 9.59 Å². The summed E-state index contributed by atoms with van der Waals surface area (Å²) in [6, 6.07) is 8.90. The molecule has 0 aliphatic carbocycles.